The van der Waals surface area contributed by atoms with Gasteiger partial charge in [-0.15, -0.1) is 8.58 Å². The lowest BCUT2D eigenvalue weighted by Crippen LogP contribution is -1.97. The minimum atomic E-state index is 0.874. The molecule has 0 radical (unpaired) electrons. The lowest BCUT2D eigenvalue weighted by atomic mass is 10.1. The van der Waals surface area contributed by atoms with Gasteiger partial charge in [0.2, 0.25) is 0 Å². The van der Waals surface area contributed by atoms with Gasteiger partial charge in [-0.25, -0.2) is 0 Å². The Kier molecular flexibility index (Phi) is 15.8. The molecule has 98 valence electrons. The van der Waals surface area contributed by atoms with Crippen LogP contribution in [0.5, 0.6) is 0 Å². The topological polar surface area (TPSA) is 26.0 Å². The summed E-state index contributed by atoms with van der Waals surface area (Å²) in [5, 5.41) is 0. The summed E-state index contributed by atoms with van der Waals surface area (Å²) in [4.78, 5) is 0. The Morgan fingerprint density at radius 1 is 0.688 bits per heavy atom. The lowest BCUT2D eigenvalue weighted by Gasteiger charge is -2.02. The van der Waals surface area contributed by atoms with Crippen LogP contribution in [0.3, 0.4) is 0 Å². The molecule has 0 bridgehead atoms. The van der Waals surface area contributed by atoms with Gasteiger partial charge in [0.25, 0.3) is 0 Å². The van der Waals surface area contributed by atoms with Crippen molar-refractivity contribution in [2.24, 2.45) is 5.73 Å². The fraction of sp³-hybridized carbons (Fsp3) is 1.00. The van der Waals surface area contributed by atoms with Crippen LogP contribution in [-0.2, 0) is 0 Å². The predicted molar refractivity (Wildman–Crippen MR) is 78.9 cm³/mol. The van der Waals surface area contributed by atoms with E-state index in [-0.39, 0.29) is 0 Å². The molecule has 0 aliphatic carbocycles. The van der Waals surface area contributed by atoms with E-state index < -0.39 is 0 Å². The van der Waals surface area contributed by atoms with Crippen LogP contribution in [0.25, 0.3) is 0 Å². The van der Waals surface area contributed by atoms with E-state index in [0.29, 0.717) is 0 Å². The highest BCUT2D eigenvalue weighted by Crippen LogP contribution is 2.17. The van der Waals surface area contributed by atoms with Gasteiger partial charge in [0.05, 0.1) is 0 Å². The third kappa shape index (κ3) is 14.4. The molecule has 0 rings (SSSR count). The van der Waals surface area contributed by atoms with Crippen molar-refractivity contribution in [3.8, 4) is 0 Å². The average Bonchev–Trinajstić information content (AvgIpc) is 2.31. The van der Waals surface area contributed by atoms with Gasteiger partial charge in [-0.2, -0.15) is 0 Å². The first-order valence-electron chi connectivity index (χ1n) is 7.32. The average molecular weight is 245 g/mol. The van der Waals surface area contributed by atoms with Crippen molar-refractivity contribution in [3.05, 3.63) is 0 Å². The Morgan fingerprint density at radius 3 is 1.75 bits per heavy atom. The zero-order valence-electron chi connectivity index (χ0n) is 11.3. The van der Waals surface area contributed by atoms with Gasteiger partial charge < -0.3 is 5.73 Å². The molecular formula is C14H32NP. The molecule has 0 heterocycles. The SMILES string of the molecule is CCCCCCPCCCCCCCCN. The van der Waals surface area contributed by atoms with Crippen molar-refractivity contribution in [1.29, 1.82) is 0 Å². The van der Waals surface area contributed by atoms with Crippen LogP contribution in [0.2, 0.25) is 0 Å². The lowest BCUT2D eigenvalue weighted by molar-refractivity contribution is 0.613. The van der Waals surface area contributed by atoms with Gasteiger partial charge >= 0.3 is 0 Å². The summed E-state index contributed by atoms with van der Waals surface area (Å²) in [5.41, 5.74) is 5.46. The maximum atomic E-state index is 5.46. The summed E-state index contributed by atoms with van der Waals surface area (Å²) in [5.74, 6) is 0. The first kappa shape index (κ1) is 16.4. The van der Waals surface area contributed by atoms with E-state index in [0.717, 1.165) is 6.54 Å². The van der Waals surface area contributed by atoms with Crippen molar-refractivity contribution in [3.63, 3.8) is 0 Å². The highest BCUT2D eigenvalue weighted by molar-refractivity contribution is 7.37. The Balaban J connectivity index is 2.83. The van der Waals surface area contributed by atoms with Gasteiger partial charge in [0.15, 0.2) is 0 Å². The number of unbranched alkanes of at least 4 members (excludes halogenated alkanes) is 8. The van der Waals surface area contributed by atoms with Crippen LogP contribution in [0.1, 0.15) is 71.1 Å². The normalized spacial score (nSPS) is 11.6. The van der Waals surface area contributed by atoms with Crippen LogP contribution >= 0.6 is 8.58 Å². The third-order valence-corrected chi connectivity index (χ3v) is 4.43. The van der Waals surface area contributed by atoms with Crippen LogP contribution in [0, 0.1) is 0 Å². The third-order valence-electron chi connectivity index (χ3n) is 3.01. The highest BCUT2D eigenvalue weighted by atomic mass is 31.1. The monoisotopic (exact) mass is 245 g/mol. The van der Waals surface area contributed by atoms with Crippen LogP contribution in [-0.4, -0.2) is 18.9 Å². The minimum absolute atomic E-state index is 0.874. The van der Waals surface area contributed by atoms with Gasteiger partial charge in [0.1, 0.15) is 0 Å². The molecule has 0 amide bonds. The molecule has 1 unspecified atom stereocenters. The Bertz CT molecular complexity index is 103. The summed E-state index contributed by atoms with van der Waals surface area (Å²) < 4.78 is 0. The number of rotatable bonds is 13. The standard InChI is InChI=1S/C14H32NP/c1-2-3-4-10-13-16-14-11-8-6-5-7-9-12-15/h16H,2-15H2,1H3. The quantitative estimate of drug-likeness (QED) is 0.374. The van der Waals surface area contributed by atoms with Crippen LogP contribution < -0.4 is 5.73 Å². The molecule has 16 heavy (non-hydrogen) atoms. The van der Waals surface area contributed by atoms with E-state index in [1.165, 1.54) is 85.1 Å². The van der Waals surface area contributed by atoms with Crippen LogP contribution in [0.15, 0.2) is 0 Å². The minimum Gasteiger partial charge on any atom is -0.330 e. The summed E-state index contributed by atoms with van der Waals surface area (Å²) >= 11 is 0. The Morgan fingerprint density at radius 2 is 1.19 bits per heavy atom. The number of hydrogen-bond donors (Lipinski definition) is 1. The molecule has 0 aromatic rings. The smallest absolute Gasteiger partial charge is 0.00773 e. The van der Waals surface area contributed by atoms with Gasteiger partial charge in [-0.3, -0.25) is 0 Å². The zero-order chi connectivity index (χ0) is 11.9. The first-order chi connectivity index (χ1) is 7.91. The molecular weight excluding hydrogens is 213 g/mol. The second-order valence-corrected chi connectivity index (χ2v) is 6.22. The molecule has 0 aromatic heterocycles. The number of hydrogen-bond acceptors (Lipinski definition) is 1. The summed E-state index contributed by atoms with van der Waals surface area (Å²) in [6.45, 7) is 3.16. The van der Waals surface area contributed by atoms with Crippen molar-refractivity contribution < 1.29 is 0 Å². The largest absolute Gasteiger partial charge is 0.330 e. The molecule has 0 spiro atoms. The van der Waals surface area contributed by atoms with E-state index in [2.05, 4.69) is 6.92 Å². The van der Waals surface area contributed by atoms with Crippen molar-refractivity contribution in [2.75, 3.05) is 18.9 Å². The van der Waals surface area contributed by atoms with Crippen LogP contribution in [0.4, 0.5) is 0 Å². The van der Waals surface area contributed by atoms with Crippen molar-refractivity contribution >= 4 is 8.58 Å². The molecule has 1 nitrogen and oxygen atoms in total. The van der Waals surface area contributed by atoms with E-state index in [1.807, 2.05) is 0 Å². The Hall–Kier alpha value is 0.390. The van der Waals surface area contributed by atoms with Crippen molar-refractivity contribution in [2.45, 2.75) is 71.1 Å². The summed E-state index contributed by atoms with van der Waals surface area (Å²) in [6.07, 6.45) is 17.0. The maximum absolute atomic E-state index is 5.46. The maximum Gasteiger partial charge on any atom is -0.00773 e. The summed E-state index contributed by atoms with van der Waals surface area (Å²) in [6, 6.07) is 0. The summed E-state index contributed by atoms with van der Waals surface area (Å²) in [7, 11) is 1.24. The molecule has 0 saturated heterocycles. The fourth-order valence-corrected chi connectivity index (χ4v) is 3.15. The van der Waals surface area contributed by atoms with E-state index in [1.54, 1.807) is 0 Å². The van der Waals surface area contributed by atoms with E-state index >= 15 is 0 Å². The first-order valence-corrected chi connectivity index (χ1v) is 8.74. The molecule has 0 fully saturated rings. The zero-order valence-corrected chi connectivity index (χ0v) is 12.3. The van der Waals surface area contributed by atoms with Gasteiger partial charge in [-0.1, -0.05) is 51.9 Å². The van der Waals surface area contributed by atoms with Gasteiger partial charge in [0, 0.05) is 0 Å². The fourth-order valence-electron chi connectivity index (χ4n) is 1.90. The van der Waals surface area contributed by atoms with Crippen molar-refractivity contribution in [1.82, 2.24) is 0 Å². The molecule has 0 aliphatic rings. The molecule has 0 saturated carbocycles. The van der Waals surface area contributed by atoms with Gasteiger partial charge in [-0.05, 0) is 38.1 Å². The molecule has 1 atom stereocenters. The van der Waals surface area contributed by atoms with E-state index in [9.17, 15) is 0 Å². The second-order valence-electron chi connectivity index (χ2n) is 4.72. The molecule has 0 aromatic carbocycles. The molecule has 0 aliphatic heterocycles. The second kappa shape index (κ2) is 15.4. The predicted octanol–water partition coefficient (Wildman–Crippen LogP) is 4.54. The number of nitrogens with two attached hydrogens (primary N) is 1. The Labute approximate surface area is 105 Å². The molecule has 2 N–H and O–H groups in total. The van der Waals surface area contributed by atoms with E-state index in [4.69, 9.17) is 5.73 Å². The molecule has 2 heteroatoms. The highest BCUT2D eigenvalue weighted by Gasteiger charge is 1.92.